The van der Waals surface area contributed by atoms with Crippen LogP contribution in [0.1, 0.15) is 23.5 Å². The quantitative estimate of drug-likeness (QED) is 0.874. The summed E-state index contributed by atoms with van der Waals surface area (Å²) in [6, 6.07) is 8.16. The zero-order valence-corrected chi connectivity index (χ0v) is 10.9. The van der Waals surface area contributed by atoms with Crippen LogP contribution in [0.2, 0.25) is 0 Å². The summed E-state index contributed by atoms with van der Waals surface area (Å²) in [5.74, 6) is 2.46. The molecule has 86 valence electrons. The van der Waals surface area contributed by atoms with E-state index in [-0.39, 0.29) is 5.91 Å². The molecular weight excluding hydrogens is 238 g/mol. The van der Waals surface area contributed by atoms with Crippen LogP contribution >= 0.6 is 23.5 Å². The molecule has 0 radical (unpaired) electrons. The van der Waals surface area contributed by atoms with Gasteiger partial charge in [-0.25, -0.2) is 0 Å². The second kappa shape index (κ2) is 5.64. The van der Waals surface area contributed by atoms with Gasteiger partial charge in [0.25, 0.3) is 0 Å². The average Bonchev–Trinajstić information content (AvgIpc) is 2.30. The topological polar surface area (TPSA) is 29.1 Å². The van der Waals surface area contributed by atoms with Crippen molar-refractivity contribution in [1.29, 1.82) is 0 Å². The number of benzene rings is 1. The number of thioether (sulfide) groups is 2. The summed E-state index contributed by atoms with van der Waals surface area (Å²) in [6.45, 7) is 1.54. The molecule has 1 aliphatic heterocycles. The molecule has 0 spiro atoms. The lowest BCUT2D eigenvalue weighted by molar-refractivity contribution is -0.114. The molecule has 0 aromatic heterocycles. The highest BCUT2D eigenvalue weighted by atomic mass is 32.2. The number of amides is 1. The van der Waals surface area contributed by atoms with Gasteiger partial charge < -0.3 is 5.32 Å². The smallest absolute Gasteiger partial charge is 0.221 e. The second-order valence-electron chi connectivity index (χ2n) is 3.73. The first kappa shape index (κ1) is 11.9. The van der Waals surface area contributed by atoms with Crippen molar-refractivity contribution in [3.05, 3.63) is 29.8 Å². The van der Waals surface area contributed by atoms with Gasteiger partial charge in [-0.2, -0.15) is 0 Å². The Kier molecular flexibility index (Phi) is 4.18. The summed E-state index contributed by atoms with van der Waals surface area (Å²) in [5.41, 5.74) is 2.21. The number of nitrogens with one attached hydrogen (secondary N) is 1. The maximum atomic E-state index is 11.0. The Morgan fingerprint density at radius 1 is 1.38 bits per heavy atom. The summed E-state index contributed by atoms with van der Waals surface area (Å²) in [6.07, 6.45) is 1.30. The zero-order chi connectivity index (χ0) is 11.4. The van der Waals surface area contributed by atoms with E-state index in [1.807, 2.05) is 35.7 Å². The van der Waals surface area contributed by atoms with E-state index in [9.17, 15) is 4.79 Å². The van der Waals surface area contributed by atoms with Crippen LogP contribution in [0.5, 0.6) is 0 Å². The minimum absolute atomic E-state index is 0.0129. The summed E-state index contributed by atoms with van der Waals surface area (Å²) in [4.78, 5) is 11.0. The van der Waals surface area contributed by atoms with Crippen molar-refractivity contribution >= 4 is 35.1 Å². The lowest BCUT2D eigenvalue weighted by Crippen LogP contribution is -2.06. The maximum absolute atomic E-state index is 11.0. The Balaban J connectivity index is 2.11. The van der Waals surface area contributed by atoms with Crippen molar-refractivity contribution in [3.8, 4) is 0 Å². The van der Waals surface area contributed by atoms with Crippen LogP contribution in [-0.4, -0.2) is 17.4 Å². The summed E-state index contributed by atoms with van der Waals surface area (Å²) in [5, 5.41) is 2.83. The summed E-state index contributed by atoms with van der Waals surface area (Å²) < 4.78 is 0.530. The first-order valence-corrected chi connectivity index (χ1v) is 7.46. The predicted molar refractivity (Wildman–Crippen MR) is 73.0 cm³/mol. The Morgan fingerprint density at radius 3 is 2.81 bits per heavy atom. The summed E-state index contributed by atoms with van der Waals surface area (Å²) >= 11 is 3.99. The third kappa shape index (κ3) is 3.19. The Labute approximate surface area is 105 Å². The molecule has 1 aromatic carbocycles. The van der Waals surface area contributed by atoms with Crippen molar-refractivity contribution < 1.29 is 4.79 Å². The van der Waals surface area contributed by atoms with Gasteiger partial charge in [-0.3, -0.25) is 4.79 Å². The number of carbonyl (C=O) groups is 1. The van der Waals surface area contributed by atoms with Gasteiger partial charge in [0.1, 0.15) is 0 Å². The van der Waals surface area contributed by atoms with E-state index < -0.39 is 0 Å². The van der Waals surface area contributed by atoms with E-state index in [1.165, 1.54) is 30.4 Å². The minimum atomic E-state index is -0.0129. The van der Waals surface area contributed by atoms with Gasteiger partial charge in [-0.05, 0) is 35.6 Å². The van der Waals surface area contributed by atoms with Crippen molar-refractivity contribution in [2.75, 3.05) is 16.8 Å². The molecule has 0 aliphatic carbocycles. The van der Waals surface area contributed by atoms with Crippen LogP contribution in [0, 0.1) is 0 Å². The monoisotopic (exact) mass is 253 g/mol. The third-order valence-corrected chi connectivity index (χ3v) is 5.32. The van der Waals surface area contributed by atoms with Crippen molar-refractivity contribution in [3.63, 3.8) is 0 Å². The minimum Gasteiger partial charge on any atom is -0.326 e. The molecule has 0 bridgehead atoms. The average molecular weight is 253 g/mol. The molecule has 1 saturated heterocycles. The van der Waals surface area contributed by atoms with E-state index in [0.717, 1.165) is 5.69 Å². The van der Waals surface area contributed by atoms with Crippen molar-refractivity contribution in [2.24, 2.45) is 0 Å². The van der Waals surface area contributed by atoms with Gasteiger partial charge in [0.15, 0.2) is 0 Å². The highest BCUT2D eigenvalue weighted by molar-refractivity contribution is 8.16. The fourth-order valence-corrected chi connectivity index (χ4v) is 4.52. The van der Waals surface area contributed by atoms with Gasteiger partial charge >= 0.3 is 0 Å². The van der Waals surface area contributed by atoms with Gasteiger partial charge in [0.2, 0.25) is 5.91 Å². The number of hydrogen-bond donors (Lipinski definition) is 1. The molecular formula is C12H15NOS2. The van der Waals surface area contributed by atoms with Crippen LogP contribution in [-0.2, 0) is 4.79 Å². The molecule has 1 N–H and O–H groups in total. The Hall–Kier alpha value is -0.610. The van der Waals surface area contributed by atoms with E-state index in [2.05, 4.69) is 17.4 Å². The van der Waals surface area contributed by atoms with Crippen LogP contribution in [0.4, 0.5) is 5.69 Å². The standard InChI is InChI=1S/C12H15NOS2/c1-9(14)13-11-5-2-4-10(8-11)12-15-6-3-7-16-12/h2,4-5,8,12H,3,6-7H2,1H3,(H,13,14). The number of hydrogen-bond acceptors (Lipinski definition) is 3. The molecule has 1 aromatic rings. The normalized spacial score (nSPS) is 17.1. The Bertz CT molecular complexity index is 375. The second-order valence-corrected chi connectivity index (χ2v) is 6.46. The number of anilines is 1. The highest BCUT2D eigenvalue weighted by Gasteiger charge is 2.16. The van der Waals surface area contributed by atoms with Crippen LogP contribution in [0.25, 0.3) is 0 Å². The fourth-order valence-electron chi connectivity index (χ4n) is 1.65. The molecule has 16 heavy (non-hydrogen) atoms. The van der Waals surface area contributed by atoms with Crippen molar-refractivity contribution in [2.45, 2.75) is 17.9 Å². The van der Waals surface area contributed by atoms with Gasteiger partial charge in [-0.1, -0.05) is 12.1 Å². The molecule has 2 rings (SSSR count). The molecule has 1 aliphatic rings. The van der Waals surface area contributed by atoms with Crippen LogP contribution in [0.3, 0.4) is 0 Å². The zero-order valence-electron chi connectivity index (χ0n) is 9.23. The molecule has 1 amide bonds. The van der Waals surface area contributed by atoms with Gasteiger partial charge in [0, 0.05) is 12.6 Å². The molecule has 0 atom stereocenters. The predicted octanol–water partition coefficient (Wildman–Crippen LogP) is 3.51. The Morgan fingerprint density at radius 2 is 2.12 bits per heavy atom. The molecule has 0 saturated carbocycles. The largest absolute Gasteiger partial charge is 0.326 e. The van der Waals surface area contributed by atoms with Gasteiger partial charge in [-0.15, -0.1) is 23.5 Å². The maximum Gasteiger partial charge on any atom is 0.221 e. The highest BCUT2D eigenvalue weighted by Crippen LogP contribution is 2.43. The fraction of sp³-hybridized carbons (Fsp3) is 0.417. The lowest BCUT2D eigenvalue weighted by atomic mass is 10.2. The lowest BCUT2D eigenvalue weighted by Gasteiger charge is -2.21. The third-order valence-electron chi connectivity index (χ3n) is 2.31. The molecule has 1 fully saturated rings. The summed E-state index contributed by atoms with van der Waals surface area (Å²) in [7, 11) is 0. The molecule has 1 heterocycles. The van der Waals surface area contributed by atoms with Gasteiger partial charge in [0.05, 0.1) is 4.58 Å². The van der Waals surface area contributed by atoms with Crippen LogP contribution in [0.15, 0.2) is 24.3 Å². The van der Waals surface area contributed by atoms with E-state index in [1.54, 1.807) is 0 Å². The van der Waals surface area contributed by atoms with E-state index in [0.29, 0.717) is 4.58 Å². The number of carbonyl (C=O) groups excluding carboxylic acids is 1. The molecule has 0 unspecified atom stereocenters. The van der Waals surface area contributed by atoms with E-state index >= 15 is 0 Å². The van der Waals surface area contributed by atoms with Crippen molar-refractivity contribution in [1.82, 2.24) is 0 Å². The molecule has 2 nitrogen and oxygen atoms in total. The first-order chi connectivity index (χ1) is 7.75. The first-order valence-electron chi connectivity index (χ1n) is 5.36. The SMILES string of the molecule is CC(=O)Nc1cccc(C2SCCCS2)c1. The van der Waals surface area contributed by atoms with E-state index in [4.69, 9.17) is 0 Å². The number of rotatable bonds is 2. The molecule has 4 heteroatoms. The van der Waals surface area contributed by atoms with Crippen LogP contribution < -0.4 is 5.32 Å².